The van der Waals surface area contributed by atoms with Crippen LogP contribution in [-0.2, 0) is 14.8 Å². The highest BCUT2D eigenvalue weighted by Crippen LogP contribution is 2.22. The quantitative estimate of drug-likeness (QED) is 0.583. The Morgan fingerprint density at radius 1 is 1.18 bits per heavy atom. The van der Waals surface area contributed by atoms with Crippen LogP contribution in [0, 0.1) is 6.92 Å². The molecule has 0 saturated carbocycles. The van der Waals surface area contributed by atoms with E-state index >= 15 is 0 Å². The number of esters is 1. The summed E-state index contributed by atoms with van der Waals surface area (Å²) in [7, 11) is -3.53. The number of fused-ring (bicyclic) bond motifs is 1. The summed E-state index contributed by atoms with van der Waals surface area (Å²) >= 11 is 5.87. The second kappa shape index (κ2) is 9.71. The van der Waals surface area contributed by atoms with Crippen LogP contribution in [-0.4, -0.2) is 33.4 Å². The van der Waals surface area contributed by atoms with Crippen molar-refractivity contribution >= 4 is 33.4 Å². The van der Waals surface area contributed by atoms with E-state index in [-0.39, 0.29) is 11.5 Å². The van der Waals surface area contributed by atoms with Crippen LogP contribution in [0.2, 0.25) is 5.02 Å². The highest BCUT2D eigenvalue weighted by atomic mass is 35.5. The maximum Gasteiger partial charge on any atom is 0.338 e. The van der Waals surface area contributed by atoms with Gasteiger partial charge in [-0.2, -0.15) is 0 Å². The Morgan fingerprint density at radius 2 is 1.89 bits per heavy atom. The van der Waals surface area contributed by atoms with Crippen molar-refractivity contribution in [3.63, 3.8) is 0 Å². The zero-order valence-electron chi connectivity index (χ0n) is 16.0. The van der Waals surface area contributed by atoms with Gasteiger partial charge in [-0.15, -0.1) is 0 Å². The summed E-state index contributed by atoms with van der Waals surface area (Å²) in [6, 6.07) is 11.6. The number of sulfonamides is 1. The van der Waals surface area contributed by atoms with E-state index in [1.807, 2.05) is 13.8 Å². The lowest BCUT2D eigenvalue weighted by molar-refractivity contribution is 0.0502. The molecule has 3 rings (SSSR count). The number of nitrogens with zero attached hydrogens (tertiary/aromatic N) is 1. The first-order valence-corrected chi connectivity index (χ1v) is 10.8. The van der Waals surface area contributed by atoms with Crippen LogP contribution in [0.15, 0.2) is 52.4 Å². The first-order valence-electron chi connectivity index (χ1n) is 8.98. The van der Waals surface area contributed by atoms with Gasteiger partial charge in [-0.25, -0.2) is 13.2 Å². The molecular weight excluding hydrogens is 400 g/mol. The van der Waals surface area contributed by atoms with E-state index in [2.05, 4.69) is 9.71 Å². The lowest BCUT2D eigenvalue weighted by Gasteiger charge is -2.07. The SMILES string of the molecule is CC.Cc1cc(Cl)ccc1C(=O)OCCCN=C1NS(=O)(=O)c2ccccc21. The number of nitrogens with one attached hydrogen (secondary N) is 1. The molecule has 2 aromatic rings. The standard InChI is InChI=1S/C18H17ClN2O4S.C2H6/c1-12-11-13(19)7-8-14(12)18(22)25-10-4-9-20-17-15-5-2-3-6-16(15)26(23,24)21-17;1-2/h2-3,5-8,11H,4,9-10H2,1H3,(H,20,21);1-2H3. The lowest BCUT2D eigenvalue weighted by Crippen LogP contribution is -2.22. The fourth-order valence-electron chi connectivity index (χ4n) is 2.61. The van der Waals surface area contributed by atoms with Crippen molar-refractivity contribution in [2.24, 2.45) is 4.99 Å². The van der Waals surface area contributed by atoms with E-state index in [4.69, 9.17) is 16.3 Å². The van der Waals surface area contributed by atoms with Gasteiger partial charge in [0.2, 0.25) is 0 Å². The highest BCUT2D eigenvalue weighted by Gasteiger charge is 2.29. The van der Waals surface area contributed by atoms with Crippen molar-refractivity contribution in [1.29, 1.82) is 0 Å². The molecule has 0 spiro atoms. The van der Waals surface area contributed by atoms with Crippen LogP contribution in [0.5, 0.6) is 0 Å². The van der Waals surface area contributed by atoms with Crippen LogP contribution >= 0.6 is 11.6 Å². The Morgan fingerprint density at radius 3 is 2.61 bits per heavy atom. The molecule has 8 heteroatoms. The van der Waals surface area contributed by atoms with Gasteiger partial charge in [-0.3, -0.25) is 9.71 Å². The number of benzene rings is 2. The molecule has 1 aliphatic rings. The summed E-state index contributed by atoms with van der Waals surface area (Å²) in [4.78, 5) is 16.6. The molecule has 28 heavy (non-hydrogen) atoms. The van der Waals surface area contributed by atoms with Gasteiger partial charge in [0.05, 0.1) is 17.1 Å². The zero-order chi connectivity index (χ0) is 20.7. The topological polar surface area (TPSA) is 84.8 Å². The number of aliphatic imine (C=N–C) groups is 1. The lowest BCUT2D eigenvalue weighted by atomic mass is 10.1. The molecule has 0 aliphatic carbocycles. The number of carbonyl (C=O) groups excluding carboxylic acids is 1. The van der Waals surface area contributed by atoms with Gasteiger partial charge in [0.15, 0.2) is 0 Å². The molecule has 2 aromatic carbocycles. The first kappa shape index (κ1) is 21.9. The third-order valence-electron chi connectivity index (χ3n) is 3.88. The van der Waals surface area contributed by atoms with Crippen molar-refractivity contribution < 1.29 is 17.9 Å². The normalized spacial score (nSPS) is 15.2. The summed E-state index contributed by atoms with van der Waals surface area (Å²) in [5.41, 5.74) is 1.78. The summed E-state index contributed by atoms with van der Waals surface area (Å²) in [6.45, 7) is 6.31. The Hall–Kier alpha value is -2.38. The molecule has 0 saturated heterocycles. The molecule has 1 aliphatic heterocycles. The van der Waals surface area contributed by atoms with Crippen LogP contribution < -0.4 is 4.72 Å². The van der Waals surface area contributed by atoms with Gasteiger partial charge in [0, 0.05) is 23.6 Å². The number of rotatable bonds is 5. The number of carbonyl (C=O) groups is 1. The van der Waals surface area contributed by atoms with Crippen LogP contribution in [0.4, 0.5) is 0 Å². The predicted octanol–water partition coefficient (Wildman–Crippen LogP) is 3.96. The first-order chi connectivity index (χ1) is 13.4. The molecule has 1 heterocycles. The molecule has 0 fully saturated rings. The minimum absolute atomic E-state index is 0.187. The van der Waals surface area contributed by atoms with Crippen molar-refractivity contribution in [1.82, 2.24) is 4.72 Å². The van der Waals surface area contributed by atoms with E-state index in [0.29, 0.717) is 35.0 Å². The van der Waals surface area contributed by atoms with Gasteiger partial charge in [-0.05, 0) is 42.8 Å². The van der Waals surface area contributed by atoms with Crippen LogP contribution in [0.25, 0.3) is 0 Å². The van der Waals surface area contributed by atoms with E-state index in [1.54, 1.807) is 43.3 Å². The fourth-order valence-corrected chi connectivity index (χ4v) is 4.08. The fraction of sp³-hybridized carbons (Fsp3) is 0.300. The monoisotopic (exact) mass is 422 g/mol. The summed E-state index contributed by atoms with van der Waals surface area (Å²) in [5, 5.41) is 0.564. The van der Waals surface area contributed by atoms with Gasteiger partial charge in [-0.1, -0.05) is 37.6 Å². The second-order valence-electron chi connectivity index (χ2n) is 5.78. The van der Waals surface area contributed by atoms with Crippen molar-refractivity contribution in [2.75, 3.05) is 13.2 Å². The van der Waals surface area contributed by atoms with Gasteiger partial charge in [0.25, 0.3) is 10.0 Å². The zero-order valence-corrected chi connectivity index (χ0v) is 17.6. The number of hydrogen-bond acceptors (Lipinski definition) is 5. The maximum atomic E-state index is 12.1. The maximum absolute atomic E-state index is 12.1. The molecular formula is C20H23ClN2O4S. The number of halogens is 1. The van der Waals surface area contributed by atoms with Crippen molar-refractivity contribution in [2.45, 2.75) is 32.1 Å². The van der Waals surface area contributed by atoms with Gasteiger partial charge >= 0.3 is 5.97 Å². The summed E-state index contributed by atoms with van der Waals surface area (Å²) in [5.74, 6) is -0.0980. The Labute approximate surface area is 170 Å². The van der Waals surface area contributed by atoms with Crippen molar-refractivity contribution in [3.8, 4) is 0 Å². The largest absolute Gasteiger partial charge is 0.462 e. The molecule has 0 aromatic heterocycles. The number of hydrogen-bond donors (Lipinski definition) is 1. The molecule has 1 N–H and O–H groups in total. The third kappa shape index (κ3) is 5.11. The minimum atomic E-state index is -3.53. The van der Waals surface area contributed by atoms with E-state index in [1.165, 1.54) is 6.07 Å². The number of aryl methyl sites for hydroxylation is 1. The molecule has 6 nitrogen and oxygen atoms in total. The predicted molar refractivity (Wildman–Crippen MR) is 111 cm³/mol. The second-order valence-corrected chi connectivity index (χ2v) is 7.87. The van der Waals surface area contributed by atoms with E-state index in [0.717, 1.165) is 5.56 Å². The molecule has 150 valence electrons. The summed E-state index contributed by atoms with van der Waals surface area (Å²) < 4.78 is 31.6. The molecule has 0 atom stereocenters. The average molecular weight is 423 g/mol. The molecule has 0 amide bonds. The van der Waals surface area contributed by atoms with E-state index in [9.17, 15) is 13.2 Å². The van der Waals surface area contributed by atoms with Crippen LogP contribution in [0.1, 0.15) is 41.8 Å². The average Bonchev–Trinajstić information content (AvgIpc) is 2.94. The van der Waals surface area contributed by atoms with Crippen LogP contribution in [0.3, 0.4) is 0 Å². The highest BCUT2D eigenvalue weighted by molar-refractivity contribution is 7.90. The number of ether oxygens (including phenoxy) is 1. The van der Waals surface area contributed by atoms with Crippen molar-refractivity contribution in [3.05, 3.63) is 64.2 Å². The smallest absolute Gasteiger partial charge is 0.338 e. The molecule has 0 radical (unpaired) electrons. The Bertz CT molecular complexity index is 987. The minimum Gasteiger partial charge on any atom is -0.462 e. The molecule has 0 bridgehead atoms. The van der Waals surface area contributed by atoms with E-state index < -0.39 is 16.0 Å². The third-order valence-corrected chi connectivity index (χ3v) is 5.51. The number of amidine groups is 1. The van der Waals surface area contributed by atoms with Gasteiger partial charge in [0.1, 0.15) is 5.84 Å². The van der Waals surface area contributed by atoms with Gasteiger partial charge < -0.3 is 4.74 Å². The summed E-state index contributed by atoms with van der Waals surface area (Å²) in [6.07, 6.45) is 0.478. The Kier molecular flexibility index (Phi) is 7.60. The Balaban J connectivity index is 0.00000136. The molecule has 0 unspecified atom stereocenters.